The second-order valence-electron chi connectivity index (χ2n) is 7.49. The van der Waals surface area contributed by atoms with E-state index in [1.54, 1.807) is 6.20 Å². The number of ether oxygens (including phenoxy) is 2. The van der Waals surface area contributed by atoms with Crippen LogP contribution < -0.4 is 20.1 Å². The Morgan fingerprint density at radius 1 is 1.21 bits per heavy atom. The van der Waals surface area contributed by atoms with Crippen LogP contribution in [0, 0.1) is 0 Å². The van der Waals surface area contributed by atoms with Gasteiger partial charge < -0.3 is 20.1 Å². The molecule has 2 aromatic rings. The number of nitrogens with zero attached hydrogens (tertiary/aromatic N) is 3. The summed E-state index contributed by atoms with van der Waals surface area (Å²) in [5, 5.41) is 11.0. The molecule has 29 heavy (non-hydrogen) atoms. The Labute approximate surface area is 190 Å². The fourth-order valence-electron chi connectivity index (χ4n) is 3.05. The second-order valence-corrected chi connectivity index (χ2v) is 7.49. The number of halogens is 1. The Morgan fingerprint density at radius 2 is 2.00 bits per heavy atom. The second kappa shape index (κ2) is 11.3. The third-order valence-electron chi connectivity index (χ3n) is 4.72. The maximum absolute atomic E-state index is 5.73. The van der Waals surface area contributed by atoms with E-state index in [4.69, 9.17) is 14.5 Å². The average molecular weight is 513 g/mol. The molecule has 0 atom stereocenters. The Balaban J connectivity index is 0.00000300. The number of guanidine groups is 1. The topological polar surface area (TPSA) is 72.7 Å². The van der Waals surface area contributed by atoms with Crippen molar-refractivity contribution < 1.29 is 9.47 Å². The Kier molecular flexibility index (Phi) is 9.06. The van der Waals surface area contributed by atoms with Gasteiger partial charge >= 0.3 is 0 Å². The van der Waals surface area contributed by atoms with Crippen LogP contribution in [-0.4, -0.2) is 48.6 Å². The first-order valence-corrected chi connectivity index (χ1v) is 9.98. The Hall–Kier alpha value is -1.97. The number of benzene rings is 1. The van der Waals surface area contributed by atoms with E-state index in [1.165, 1.54) is 5.56 Å². The molecular formula is C21H32IN5O2. The summed E-state index contributed by atoms with van der Waals surface area (Å²) in [6.07, 6.45) is 4.77. The van der Waals surface area contributed by atoms with Crippen LogP contribution in [0.15, 0.2) is 41.7 Å². The number of hydrogen-bond donors (Lipinski definition) is 2. The van der Waals surface area contributed by atoms with Gasteiger partial charge in [0.05, 0.1) is 6.54 Å². The molecule has 1 aromatic carbocycles. The van der Waals surface area contributed by atoms with Gasteiger partial charge in [0.25, 0.3) is 0 Å². The minimum Gasteiger partial charge on any atom is -0.486 e. The summed E-state index contributed by atoms with van der Waals surface area (Å²) in [5.41, 5.74) is 1.07. The summed E-state index contributed by atoms with van der Waals surface area (Å²) in [5.74, 6) is 2.49. The fraction of sp³-hybridized carbons (Fsp3) is 0.524. The van der Waals surface area contributed by atoms with E-state index in [0.29, 0.717) is 19.8 Å². The summed E-state index contributed by atoms with van der Waals surface area (Å²) >= 11 is 0. The van der Waals surface area contributed by atoms with Crippen molar-refractivity contribution in [3.63, 3.8) is 0 Å². The molecule has 1 aromatic heterocycles. The van der Waals surface area contributed by atoms with Crippen LogP contribution in [0.1, 0.15) is 32.8 Å². The van der Waals surface area contributed by atoms with E-state index in [-0.39, 0.29) is 29.4 Å². The van der Waals surface area contributed by atoms with Gasteiger partial charge in [0, 0.05) is 37.4 Å². The summed E-state index contributed by atoms with van der Waals surface area (Å²) in [4.78, 5) is 4.81. The normalized spacial score (nSPS) is 13.6. The maximum atomic E-state index is 5.73. The standard InChI is InChI=1S/C21H31N5O2.HI/c1-4-22-20(23-9-5-11-26-12-6-10-25-26)24-16-21(2,3)17-7-8-18-19(15-17)28-14-13-27-18;/h6-8,10,12,15H,4-5,9,11,13-14,16H2,1-3H3,(H2,22,23,24);1H. The van der Waals surface area contributed by atoms with E-state index in [1.807, 2.05) is 23.0 Å². The zero-order chi connectivity index (χ0) is 19.8. The first-order valence-electron chi connectivity index (χ1n) is 9.98. The SMILES string of the molecule is CCNC(=NCC(C)(C)c1ccc2c(c1)OCCO2)NCCCn1cccn1.I. The van der Waals surface area contributed by atoms with E-state index in [0.717, 1.165) is 43.5 Å². The highest BCUT2D eigenvalue weighted by molar-refractivity contribution is 14.0. The lowest BCUT2D eigenvalue weighted by atomic mass is 9.84. The van der Waals surface area contributed by atoms with Crippen LogP contribution in [0.3, 0.4) is 0 Å². The van der Waals surface area contributed by atoms with Gasteiger partial charge in [-0.3, -0.25) is 9.67 Å². The number of hydrogen-bond acceptors (Lipinski definition) is 4. The average Bonchev–Trinajstić information content (AvgIpc) is 3.22. The molecule has 0 radical (unpaired) electrons. The molecule has 2 heterocycles. The smallest absolute Gasteiger partial charge is 0.191 e. The van der Waals surface area contributed by atoms with Crippen molar-refractivity contribution in [1.82, 2.24) is 20.4 Å². The monoisotopic (exact) mass is 513 g/mol. The lowest BCUT2D eigenvalue weighted by molar-refractivity contribution is 0.171. The van der Waals surface area contributed by atoms with Crippen molar-refractivity contribution in [1.29, 1.82) is 0 Å². The summed E-state index contributed by atoms with van der Waals surface area (Å²) in [7, 11) is 0. The van der Waals surface area contributed by atoms with E-state index in [9.17, 15) is 0 Å². The van der Waals surface area contributed by atoms with Crippen molar-refractivity contribution in [2.24, 2.45) is 4.99 Å². The predicted octanol–water partition coefficient (Wildman–Crippen LogP) is 3.20. The van der Waals surface area contributed by atoms with Crippen molar-refractivity contribution >= 4 is 29.9 Å². The molecule has 3 rings (SSSR count). The summed E-state index contributed by atoms with van der Waals surface area (Å²) in [6.45, 7) is 10.9. The molecule has 0 bridgehead atoms. The van der Waals surface area contributed by atoms with Crippen LogP contribution in [0.25, 0.3) is 0 Å². The molecular weight excluding hydrogens is 481 g/mol. The fourth-order valence-corrected chi connectivity index (χ4v) is 3.05. The van der Waals surface area contributed by atoms with Gasteiger partial charge in [-0.1, -0.05) is 19.9 Å². The first kappa shape index (κ1) is 23.3. The number of fused-ring (bicyclic) bond motifs is 1. The minimum absolute atomic E-state index is 0. The highest BCUT2D eigenvalue weighted by atomic mass is 127. The number of aromatic nitrogens is 2. The number of aryl methyl sites for hydroxylation is 1. The largest absolute Gasteiger partial charge is 0.486 e. The lowest BCUT2D eigenvalue weighted by Gasteiger charge is -2.26. The Morgan fingerprint density at radius 3 is 2.72 bits per heavy atom. The zero-order valence-corrected chi connectivity index (χ0v) is 19.8. The van der Waals surface area contributed by atoms with Crippen LogP contribution in [-0.2, 0) is 12.0 Å². The van der Waals surface area contributed by atoms with Gasteiger partial charge in [0.2, 0.25) is 0 Å². The molecule has 0 spiro atoms. The van der Waals surface area contributed by atoms with E-state index in [2.05, 4.69) is 48.6 Å². The maximum Gasteiger partial charge on any atom is 0.191 e. The van der Waals surface area contributed by atoms with Crippen LogP contribution in [0.5, 0.6) is 11.5 Å². The minimum atomic E-state index is -0.118. The van der Waals surface area contributed by atoms with Gasteiger partial charge in [-0.15, -0.1) is 24.0 Å². The highest BCUT2D eigenvalue weighted by Crippen LogP contribution is 2.35. The van der Waals surface area contributed by atoms with E-state index >= 15 is 0 Å². The van der Waals surface area contributed by atoms with Crippen molar-refractivity contribution in [2.75, 3.05) is 32.8 Å². The molecule has 0 aliphatic carbocycles. The van der Waals surface area contributed by atoms with Crippen LogP contribution in [0.2, 0.25) is 0 Å². The highest BCUT2D eigenvalue weighted by Gasteiger charge is 2.23. The van der Waals surface area contributed by atoms with Crippen molar-refractivity contribution in [3.05, 3.63) is 42.2 Å². The summed E-state index contributed by atoms with van der Waals surface area (Å²) < 4.78 is 13.3. The number of nitrogens with one attached hydrogen (secondary N) is 2. The third kappa shape index (κ3) is 6.80. The number of aliphatic imine (C=N–C) groups is 1. The lowest BCUT2D eigenvalue weighted by Crippen LogP contribution is -2.39. The molecule has 160 valence electrons. The molecule has 7 nitrogen and oxygen atoms in total. The Bertz CT molecular complexity index is 777. The molecule has 0 fully saturated rings. The molecule has 0 amide bonds. The number of rotatable bonds is 8. The van der Waals surface area contributed by atoms with Gasteiger partial charge in [-0.05, 0) is 37.1 Å². The molecule has 2 N–H and O–H groups in total. The van der Waals surface area contributed by atoms with Crippen LogP contribution in [0.4, 0.5) is 0 Å². The van der Waals surface area contributed by atoms with Gasteiger partial charge in [-0.25, -0.2) is 0 Å². The quantitative estimate of drug-likeness (QED) is 0.246. The van der Waals surface area contributed by atoms with Gasteiger partial charge in [-0.2, -0.15) is 5.10 Å². The molecule has 0 saturated carbocycles. The first-order chi connectivity index (χ1) is 13.6. The molecule has 1 aliphatic rings. The van der Waals surface area contributed by atoms with Crippen molar-refractivity contribution in [3.8, 4) is 11.5 Å². The van der Waals surface area contributed by atoms with Crippen molar-refractivity contribution in [2.45, 2.75) is 39.2 Å². The molecule has 1 aliphatic heterocycles. The molecule has 0 saturated heterocycles. The summed E-state index contributed by atoms with van der Waals surface area (Å²) in [6, 6.07) is 8.12. The third-order valence-corrected chi connectivity index (χ3v) is 4.72. The van der Waals surface area contributed by atoms with Gasteiger partial charge in [0.15, 0.2) is 17.5 Å². The zero-order valence-electron chi connectivity index (χ0n) is 17.5. The predicted molar refractivity (Wildman–Crippen MR) is 127 cm³/mol. The molecule has 8 heteroatoms. The van der Waals surface area contributed by atoms with Gasteiger partial charge in [0.1, 0.15) is 13.2 Å². The molecule has 0 unspecified atom stereocenters. The van der Waals surface area contributed by atoms with Crippen LogP contribution >= 0.6 is 24.0 Å². The van der Waals surface area contributed by atoms with E-state index < -0.39 is 0 Å².